The lowest BCUT2D eigenvalue weighted by atomic mass is 9.33. The summed E-state index contributed by atoms with van der Waals surface area (Å²) in [4.78, 5) is 5.20. The largest absolute Gasteiger partial charge is 0.311 e. The van der Waals surface area contributed by atoms with Gasteiger partial charge in [-0.15, -0.1) is 0 Å². The molecule has 77 heavy (non-hydrogen) atoms. The van der Waals surface area contributed by atoms with Crippen LogP contribution in [0, 0.1) is 0 Å². The average Bonchev–Trinajstić information content (AvgIpc) is 3.69. The lowest BCUT2D eigenvalue weighted by Gasteiger charge is -2.45. The molecular weight excluding hydrogens is 928 g/mol. The van der Waals surface area contributed by atoms with E-state index >= 15 is 0 Å². The molecule has 2 aliphatic rings. The van der Waals surface area contributed by atoms with E-state index in [1.54, 1.807) is 0 Å². The fourth-order valence-electron chi connectivity index (χ4n) is 12.4. The average molecular weight is 977 g/mol. The van der Waals surface area contributed by atoms with Gasteiger partial charge in [-0.05, 0) is 165 Å². The van der Waals surface area contributed by atoms with Crippen molar-refractivity contribution < 1.29 is 0 Å². The molecule has 0 atom stereocenters. The van der Waals surface area contributed by atoms with Crippen molar-refractivity contribution in [2.75, 3.05) is 9.80 Å². The molecule has 0 fully saturated rings. The van der Waals surface area contributed by atoms with Crippen LogP contribution in [0.5, 0.6) is 0 Å². The van der Waals surface area contributed by atoms with Crippen LogP contribution in [0.1, 0.15) is 0 Å². The molecule has 13 aromatic carbocycles. The third-order valence-electron chi connectivity index (χ3n) is 15.9. The summed E-state index contributed by atoms with van der Waals surface area (Å²) in [5.41, 5.74) is 24.7. The van der Waals surface area contributed by atoms with Crippen molar-refractivity contribution in [1.29, 1.82) is 0 Å². The van der Waals surface area contributed by atoms with Gasteiger partial charge < -0.3 is 9.80 Å². The Labute approximate surface area is 450 Å². The van der Waals surface area contributed by atoms with Crippen LogP contribution in [0.2, 0.25) is 0 Å². The molecule has 2 nitrogen and oxygen atoms in total. The topological polar surface area (TPSA) is 6.48 Å². The zero-order chi connectivity index (χ0) is 50.8. The first kappa shape index (κ1) is 44.5. The number of rotatable bonds is 8. The zero-order valence-corrected chi connectivity index (χ0v) is 42.3. The first-order valence-corrected chi connectivity index (χ1v) is 26.7. The van der Waals surface area contributed by atoms with E-state index < -0.39 is 0 Å². The molecule has 0 aromatic heterocycles. The summed E-state index contributed by atoms with van der Waals surface area (Å²) < 4.78 is 0. The number of hydrogen-bond donors (Lipinski definition) is 0. The molecule has 0 amide bonds. The predicted octanol–water partition coefficient (Wildman–Crippen LogP) is 18.1. The number of fused-ring (bicyclic) bond motifs is 6. The Hall–Kier alpha value is -9.96. The molecule has 15 rings (SSSR count). The summed E-state index contributed by atoms with van der Waals surface area (Å²) in [6.07, 6.45) is 0. The zero-order valence-electron chi connectivity index (χ0n) is 42.3. The minimum Gasteiger partial charge on any atom is -0.311 e. The Morgan fingerprint density at radius 2 is 0.506 bits per heavy atom. The molecule has 0 saturated heterocycles. The van der Waals surface area contributed by atoms with E-state index in [0.717, 1.165) is 50.6 Å². The summed E-state index contributed by atoms with van der Waals surface area (Å²) in [6.45, 7) is -0.109. The minimum absolute atomic E-state index is 0.109. The standard InChI is InChI=1S/C74H49BN2/c1-6-22-50(23-7-1)59-38-60(51-24-8-2-9-25-51)41-64(40-59)76-70-46-57-34-18-16-32-55(57)44-68(70)75-69-45-56-33-17-19-35-58(56)47-71(69)77(65-42-61(52-26-10-3-11-27-52)39-62(43-65)53-28-12-4-13-29-53)73-49-63(48-72(76)74(73)75)67-37-21-20-36-66(67)54-30-14-5-15-31-54/h1-49H. The third kappa shape index (κ3) is 7.74. The van der Waals surface area contributed by atoms with Crippen LogP contribution in [-0.4, -0.2) is 6.71 Å². The van der Waals surface area contributed by atoms with Crippen LogP contribution in [0.4, 0.5) is 34.1 Å². The minimum atomic E-state index is -0.109. The summed E-state index contributed by atoms with van der Waals surface area (Å²) >= 11 is 0. The van der Waals surface area contributed by atoms with Crippen LogP contribution in [0.25, 0.3) is 88.3 Å². The van der Waals surface area contributed by atoms with Crippen molar-refractivity contribution >= 4 is 78.8 Å². The Morgan fingerprint density at radius 1 is 0.208 bits per heavy atom. The Balaban J connectivity index is 1.10. The van der Waals surface area contributed by atoms with Crippen LogP contribution in [0.3, 0.4) is 0 Å². The molecule has 3 heteroatoms. The van der Waals surface area contributed by atoms with Crippen molar-refractivity contribution in [3.8, 4) is 66.8 Å². The van der Waals surface area contributed by atoms with Crippen molar-refractivity contribution in [1.82, 2.24) is 0 Å². The quantitative estimate of drug-likeness (QED) is 0.140. The van der Waals surface area contributed by atoms with Crippen molar-refractivity contribution in [3.05, 3.63) is 297 Å². The van der Waals surface area contributed by atoms with Crippen molar-refractivity contribution in [2.45, 2.75) is 0 Å². The van der Waals surface area contributed by atoms with Gasteiger partial charge in [0.15, 0.2) is 0 Å². The van der Waals surface area contributed by atoms with Gasteiger partial charge in [-0.25, -0.2) is 0 Å². The molecule has 0 saturated carbocycles. The fourth-order valence-corrected chi connectivity index (χ4v) is 12.4. The Kier molecular flexibility index (Phi) is 10.7. The summed E-state index contributed by atoms with van der Waals surface area (Å²) in [5, 5.41) is 4.85. The molecule has 358 valence electrons. The van der Waals surface area contributed by atoms with Crippen LogP contribution in [-0.2, 0) is 0 Å². The van der Waals surface area contributed by atoms with Gasteiger partial charge in [-0.3, -0.25) is 0 Å². The molecular formula is C74H49BN2. The molecule has 2 heterocycles. The number of benzene rings is 13. The monoisotopic (exact) mass is 976 g/mol. The fraction of sp³-hybridized carbons (Fsp3) is 0. The molecule has 0 radical (unpaired) electrons. The lowest BCUT2D eigenvalue weighted by molar-refractivity contribution is 1.26. The van der Waals surface area contributed by atoms with E-state index in [1.165, 1.54) is 88.3 Å². The number of nitrogens with zero attached hydrogens (tertiary/aromatic N) is 2. The first-order chi connectivity index (χ1) is 38.2. The van der Waals surface area contributed by atoms with Gasteiger partial charge in [-0.2, -0.15) is 0 Å². The van der Waals surface area contributed by atoms with Crippen molar-refractivity contribution in [2.24, 2.45) is 0 Å². The van der Waals surface area contributed by atoms with E-state index in [4.69, 9.17) is 0 Å². The highest BCUT2D eigenvalue weighted by Crippen LogP contribution is 2.50. The highest BCUT2D eigenvalue weighted by molar-refractivity contribution is 7.00. The van der Waals surface area contributed by atoms with Crippen molar-refractivity contribution in [3.63, 3.8) is 0 Å². The second-order valence-corrected chi connectivity index (χ2v) is 20.5. The van der Waals surface area contributed by atoms with Gasteiger partial charge in [0.25, 0.3) is 6.71 Å². The van der Waals surface area contributed by atoms with Gasteiger partial charge >= 0.3 is 0 Å². The highest BCUT2D eigenvalue weighted by Gasteiger charge is 2.44. The van der Waals surface area contributed by atoms with Gasteiger partial charge in [-0.1, -0.05) is 237 Å². The maximum absolute atomic E-state index is 2.60. The summed E-state index contributed by atoms with van der Waals surface area (Å²) in [5.74, 6) is 0. The second-order valence-electron chi connectivity index (χ2n) is 20.5. The van der Waals surface area contributed by atoms with Gasteiger partial charge in [0.1, 0.15) is 0 Å². The third-order valence-corrected chi connectivity index (χ3v) is 15.9. The maximum Gasteiger partial charge on any atom is 0.252 e. The number of anilines is 6. The first-order valence-electron chi connectivity index (χ1n) is 26.7. The molecule has 0 spiro atoms. The van der Waals surface area contributed by atoms with Crippen LogP contribution < -0.4 is 26.2 Å². The van der Waals surface area contributed by atoms with E-state index in [1.807, 2.05) is 0 Å². The van der Waals surface area contributed by atoms with E-state index in [2.05, 4.69) is 307 Å². The van der Waals surface area contributed by atoms with Gasteiger partial charge in [0, 0.05) is 34.1 Å². The Bertz CT molecular complexity index is 4030. The van der Waals surface area contributed by atoms with E-state index in [0.29, 0.717) is 0 Å². The molecule has 0 bridgehead atoms. The lowest BCUT2D eigenvalue weighted by Crippen LogP contribution is -2.61. The summed E-state index contributed by atoms with van der Waals surface area (Å²) in [6, 6.07) is 110. The van der Waals surface area contributed by atoms with Crippen LogP contribution in [0.15, 0.2) is 297 Å². The maximum atomic E-state index is 2.60. The molecule has 2 aliphatic heterocycles. The number of hydrogen-bond acceptors (Lipinski definition) is 2. The SMILES string of the molecule is c1ccc(-c2cc(-c3ccccc3)cc(N3c4cc5ccccc5cc4B4c5cc6ccccc6cc5N(c5cc(-c6ccccc6)cc(-c6ccccc6)c5)c5cc(-c6ccccc6-c6ccccc6)cc3c54)c2)cc1. The molecule has 0 unspecified atom stereocenters. The summed E-state index contributed by atoms with van der Waals surface area (Å²) in [7, 11) is 0. The predicted molar refractivity (Wildman–Crippen MR) is 328 cm³/mol. The highest BCUT2D eigenvalue weighted by atomic mass is 15.2. The van der Waals surface area contributed by atoms with E-state index in [-0.39, 0.29) is 6.71 Å². The van der Waals surface area contributed by atoms with Crippen LogP contribution >= 0.6 is 0 Å². The Morgan fingerprint density at radius 3 is 0.870 bits per heavy atom. The normalized spacial score (nSPS) is 12.3. The smallest absolute Gasteiger partial charge is 0.252 e. The molecule has 0 N–H and O–H groups in total. The molecule has 13 aromatic rings. The van der Waals surface area contributed by atoms with Gasteiger partial charge in [0.2, 0.25) is 0 Å². The second kappa shape index (κ2) is 18.5. The van der Waals surface area contributed by atoms with E-state index in [9.17, 15) is 0 Å². The molecule has 0 aliphatic carbocycles. The van der Waals surface area contributed by atoms with Gasteiger partial charge in [0.05, 0.1) is 0 Å².